The fourth-order valence-corrected chi connectivity index (χ4v) is 1.61. The number of hydrogen-bond donors (Lipinski definition) is 2. The van der Waals surface area contributed by atoms with Gasteiger partial charge >= 0.3 is 0 Å². The molecule has 0 radical (unpaired) electrons. The summed E-state index contributed by atoms with van der Waals surface area (Å²) in [5.74, 6) is 0.675. The molecule has 0 bridgehead atoms. The van der Waals surface area contributed by atoms with Gasteiger partial charge in [-0.25, -0.2) is 0 Å². The summed E-state index contributed by atoms with van der Waals surface area (Å²) >= 11 is 0. The van der Waals surface area contributed by atoms with E-state index in [0.717, 1.165) is 24.9 Å². The van der Waals surface area contributed by atoms with Crippen LogP contribution in [0.25, 0.3) is 0 Å². The molecule has 1 unspecified atom stereocenters. The van der Waals surface area contributed by atoms with Gasteiger partial charge in [0.2, 0.25) is 0 Å². The van der Waals surface area contributed by atoms with Crippen LogP contribution >= 0.6 is 0 Å². The summed E-state index contributed by atoms with van der Waals surface area (Å²) in [7, 11) is 0. The molecule has 1 atom stereocenters. The first-order valence-corrected chi connectivity index (χ1v) is 5.87. The second-order valence-corrected chi connectivity index (χ2v) is 4.26. The highest BCUT2D eigenvalue weighted by Gasteiger charge is 2.07. The van der Waals surface area contributed by atoms with E-state index < -0.39 is 0 Å². The molecule has 2 heteroatoms. The molecule has 0 amide bonds. The number of aliphatic hydroxyl groups is 1. The molecule has 16 heavy (non-hydrogen) atoms. The largest absolute Gasteiger partial charge is 0.512 e. The van der Waals surface area contributed by atoms with E-state index in [1.54, 1.807) is 0 Å². The maximum Gasteiger partial charge on any atom is 0.0914 e. The molecule has 0 aliphatic rings. The Morgan fingerprint density at radius 3 is 2.56 bits per heavy atom. The van der Waals surface area contributed by atoms with Crippen molar-refractivity contribution in [3.63, 3.8) is 0 Å². The van der Waals surface area contributed by atoms with Crippen LogP contribution in [-0.2, 0) is 6.42 Å². The zero-order chi connectivity index (χ0) is 12.0. The van der Waals surface area contributed by atoms with Crippen LogP contribution < -0.4 is 5.73 Å². The van der Waals surface area contributed by atoms with Gasteiger partial charge in [-0.05, 0) is 36.6 Å². The number of hydrogen-bond acceptors (Lipinski definition) is 2. The molecule has 0 saturated carbocycles. The van der Waals surface area contributed by atoms with Crippen LogP contribution in [0.5, 0.6) is 0 Å². The fourth-order valence-electron chi connectivity index (χ4n) is 1.61. The second-order valence-electron chi connectivity index (χ2n) is 4.26. The maximum atomic E-state index is 9.80. The van der Waals surface area contributed by atoms with Crippen LogP contribution in [-0.4, -0.2) is 5.11 Å². The van der Waals surface area contributed by atoms with Gasteiger partial charge in [0.25, 0.3) is 0 Å². The average molecular weight is 219 g/mol. The molecule has 0 heterocycles. The summed E-state index contributed by atoms with van der Waals surface area (Å²) in [5, 5.41) is 9.80. The lowest BCUT2D eigenvalue weighted by Gasteiger charge is -2.11. The van der Waals surface area contributed by atoms with Crippen LogP contribution in [0.15, 0.2) is 36.1 Å². The van der Waals surface area contributed by atoms with E-state index in [4.69, 9.17) is 5.73 Å². The number of nitrogens with two attached hydrogens (primary N) is 1. The van der Waals surface area contributed by atoms with Crippen molar-refractivity contribution in [3.8, 4) is 0 Å². The van der Waals surface area contributed by atoms with Gasteiger partial charge in [0, 0.05) is 11.6 Å². The smallest absolute Gasteiger partial charge is 0.0914 e. The number of anilines is 1. The van der Waals surface area contributed by atoms with Crippen LogP contribution in [0.2, 0.25) is 0 Å². The molecule has 0 aliphatic carbocycles. The third-order valence-corrected chi connectivity index (χ3v) is 2.67. The van der Waals surface area contributed by atoms with Crippen LogP contribution in [0, 0.1) is 5.92 Å². The van der Waals surface area contributed by atoms with Crippen molar-refractivity contribution < 1.29 is 5.11 Å². The lowest BCUT2D eigenvalue weighted by Crippen LogP contribution is -2.03. The molecular formula is C14H21NO. The summed E-state index contributed by atoms with van der Waals surface area (Å²) < 4.78 is 0. The van der Waals surface area contributed by atoms with E-state index in [0.29, 0.717) is 5.76 Å². The van der Waals surface area contributed by atoms with Gasteiger partial charge in [-0.3, -0.25) is 0 Å². The molecule has 88 valence electrons. The molecule has 1 aromatic carbocycles. The third-order valence-electron chi connectivity index (χ3n) is 2.67. The van der Waals surface area contributed by atoms with E-state index in [2.05, 4.69) is 6.92 Å². The lowest BCUT2D eigenvalue weighted by atomic mass is 9.98. The number of benzene rings is 1. The minimum absolute atomic E-state index is 0.176. The molecule has 3 N–H and O–H groups in total. The number of aliphatic hydroxyl groups excluding tert-OH is 1. The Kier molecular flexibility index (Phi) is 4.90. The zero-order valence-corrected chi connectivity index (χ0v) is 10.1. The van der Waals surface area contributed by atoms with Crippen LogP contribution in [0.4, 0.5) is 5.69 Å². The molecule has 0 aliphatic heterocycles. The first-order chi connectivity index (χ1) is 7.63. The van der Waals surface area contributed by atoms with Gasteiger partial charge in [0.05, 0.1) is 5.76 Å². The van der Waals surface area contributed by atoms with Crippen molar-refractivity contribution in [1.29, 1.82) is 0 Å². The number of allylic oxidation sites excluding steroid dienone is 2. The van der Waals surface area contributed by atoms with Crippen LogP contribution in [0.3, 0.4) is 0 Å². The van der Waals surface area contributed by atoms with Gasteiger partial charge in [-0.15, -0.1) is 0 Å². The van der Waals surface area contributed by atoms with E-state index in [-0.39, 0.29) is 5.92 Å². The first-order valence-electron chi connectivity index (χ1n) is 5.87. The molecule has 0 aromatic heterocycles. The molecule has 1 rings (SSSR count). The Morgan fingerprint density at radius 1 is 1.38 bits per heavy atom. The Hall–Kier alpha value is -1.44. The van der Waals surface area contributed by atoms with E-state index in [1.807, 2.05) is 37.3 Å². The summed E-state index contributed by atoms with van der Waals surface area (Å²) in [6.45, 7) is 4.15. The van der Waals surface area contributed by atoms with Crippen molar-refractivity contribution in [2.24, 2.45) is 5.92 Å². The van der Waals surface area contributed by atoms with Gasteiger partial charge in [0.1, 0.15) is 0 Å². The molecular weight excluding hydrogens is 198 g/mol. The molecule has 0 spiro atoms. The van der Waals surface area contributed by atoms with E-state index in [1.165, 1.54) is 5.56 Å². The lowest BCUT2D eigenvalue weighted by molar-refractivity contribution is 0.336. The van der Waals surface area contributed by atoms with E-state index in [9.17, 15) is 5.11 Å². The minimum Gasteiger partial charge on any atom is -0.512 e. The molecule has 2 nitrogen and oxygen atoms in total. The fraction of sp³-hybridized carbons (Fsp3) is 0.429. The van der Waals surface area contributed by atoms with Crippen molar-refractivity contribution in [2.75, 3.05) is 5.73 Å². The Balaban J connectivity index is 2.56. The molecule has 0 saturated heterocycles. The van der Waals surface area contributed by atoms with Gasteiger partial charge < -0.3 is 10.8 Å². The second kappa shape index (κ2) is 6.21. The third kappa shape index (κ3) is 3.97. The number of rotatable bonds is 5. The quantitative estimate of drug-likeness (QED) is 0.586. The highest BCUT2D eigenvalue weighted by atomic mass is 16.3. The van der Waals surface area contributed by atoms with Gasteiger partial charge in [-0.1, -0.05) is 32.4 Å². The first kappa shape index (κ1) is 12.6. The van der Waals surface area contributed by atoms with Crippen LogP contribution in [0.1, 0.15) is 32.3 Å². The SMILES string of the molecule is CCCC=C(O)C(C)Cc1ccc(N)cc1. The topological polar surface area (TPSA) is 46.2 Å². The summed E-state index contributed by atoms with van der Waals surface area (Å²) in [6.07, 6.45) is 4.78. The molecule has 0 fully saturated rings. The monoisotopic (exact) mass is 219 g/mol. The van der Waals surface area contributed by atoms with Gasteiger partial charge in [-0.2, -0.15) is 0 Å². The Bertz CT molecular complexity index is 340. The zero-order valence-electron chi connectivity index (χ0n) is 10.1. The summed E-state index contributed by atoms with van der Waals surface area (Å²) in [5.41, 5.74) is 7.61. The highest BCUT2D eigenvalue weighted by Crippen LogP contribution is 2.16. The minimum atomic E-state index is 0.176. The van der Waals surface area contributed by atoms with Crippen molar-refractivity contribution in [2.45, 2.75) is 33.1 Å². The predicted octanol–water partition coefficient (Wildman–Crippen LogP) is 3.69. The van der Waals surface area contributed by atoms with Gasteiger partial charge in [0.15, 0.2) is 0 Å². The normalized spacial score (nSPS) is 13.8. The molecule has 1 aromatic rings. The van der Waals surface area contributed by atoms with Crippen molar-refractivity contribution in [3.05, 3.63) is 41.7 Å². The van der Waals surface area contributed by atoms with Crippen molar-refractivity contribution >= 4 is 5.69 Å². The average Bonchev–Trinajstić information content (AvgIpc) is 2.29. The summed E-state index contributed by atoms with van der Waals surface area (Å²) in [6, 6.07) is 7.82. The predicted molar refractivity (Wildman–Crippen MR) is 69.3 cm³/mol. The standard InChI is InChI=1S/C14H21NO/c1-3-4-5-14(16)11(2)10-12-6-8-13(15)9-7-12/h5-9,11,16H,3-4,10,15H2,1-2H3. The number of nitrogen functional groups attached to an aromatic ring is 1. The van der Waals surface area contributed by atoms with Crippen molar-refractivity contribution in [1.82, 2.24) is 0 Å². The highest BCUT2D eigenvalue weighted by molar-refractivity contribution is 5.39. The summed E-state index contributed by atoms with van der Waals surface area (Å²) in [4.78, 5) is 0. The number of unbranched alkanes of at least 4 members (excludes halogenated alkanes) is 1. The maximum absolute atomic E-state index is 9.80. The Labute approximate surface area is 97.8 Å². The van der Waals surface area contributed by atoms with E-state index >= 15 is 0 Å². The Morgan fingerprint density at radius 2 is 2.00 bits per heavy atom.